The van der Waals surface area contributed by atoms with E-state index in [1.807, 2.05) is 13.8 Å². The van der Waals surface area contributed by atoms with E-state index in [1.54, 1.807) is 15.5 Å². The lowest BCUT2D eigenvalue weighted by Crippen LogP contribution is -2.37. The van der Waals surface area contributed by atoms with Gasteiger partial charge in [0.1, 0.15) is 17.6 Å². The molecule has 0 aliphatic heterocycles. The quantitative estimate of drug-likeness (QED) is 0.560. The van der Waals surface area contributed by atoms with Crippen molar-refractivity contribution in [3.05, 3.63) is 45.4 Å². The molecule has 2 heterocycles. The lowest BCUT2D eigenvalue weighted by molar-refractivity contribution is -0.131. The van der Waals surface area contributed by atoms with Gasteiger partial charge in [0, 0.05) is 19.6 Å². The molecule has 2 aromatic rings. The first-order chi connectivity index (χ1) is 11.4. The van der Waals surface area contributed by atoms with Crippen molar-refractivity contribution in [2.75, 3.05) is 13.1 Å². The highest BCUT2D eigenvalue weighted by Crippen LogP contribution is 2.17. The second-order valence-corrected chi connectivity index (χ2v) is 7.11. The lowest BCUT2D eigenvalue weighted by Gasteiger charge is -2.21. The minimum absolute atomic E-state index is 0.0466. The molecule has 24 heavy (non-hydrogen) atoms. The summed E-state index contributed by atoms with van der Waals surface area (Å²) in [5, 5.41) is 0. The van der Waals surface area contributed by atoms with Crippen molar-refractivity contribution < 1.29 is 4.79 Å². The van der Waals surface area contributed by atoms with Crippen LogP contribution in [0, 0.1) is 3.95 Å². The average molecular weight is 364 g/mol. The first kappa shape index (κ1) is 18.3. The topological polar surface area (TPSA) is 60.1 Å². The maximum absolute atomic E-state index is 12.6. The molecular formula is C16H20N4O2S2. The molecule has 0 saturated heterocycles. The molecule has 2 rings (SSSR count). The summed E-state index contributed by atoms with van der Waals surface area (Å²) in [6.45, 7) is 12.8. The van der Waals surface area contributed by atoms with Crippen molar-refractivity contribution in [2.45, 2.75) is 26.9 Å². The Morgan fingerprint density at radius 3 is 2.83 bits per heavy atom. The number of allylic oxidation sites excluding steroid dienone is 1. The van der Waals surface area contributed by atoms with Gasteiger partial charge in [-0.05, 0) is 26.1 Å². The van der Waals surface area contributed by atoms with E-state index in [0.29, 0.717) is 33.9 Å². The number of rotatable bonds is 7. The third kappa shape index (κ3) is 3.70. The lowest BCUT2D eigenvalue weighted by atomic mass is 10.3. The highest BCUT2D eigenvalue weighted by molar-refractivity contribution is 7.73. The number of carbonyl (C=O) groups is 1. The highest BCUT2D eigenvalue weighted by Gasteiger charge is 2.16. The summed E-state index contributed by atoms with van der Waals surface area (Å²) < 4.78 is 4.11. The molecule has 128 valence electrons. The third-order valence-electron chi connectivity index (χ3n) is 3.46. The fourth-order valence-corrected chi connectivity index (χ4v) is 3.64. The number of carbonyl (C=O) groups excluding carboxylic acids is 1. The fourth-order valence-electron chi connectivity index (χ4n) is 2.32. The van der Waals surface area contributed by atoms with Gasteiger partial charge in [-0.25, -0.2) is 4.98 Å². The van der Waals surface area contributed by atoms with Crippen molar-refractivity contribution in [3.63, 3.8) is 0 Å². The Hall–Kier alpha value is -2.06. The zero-order chi connectivity index (χ0) is 17.9. The van der Waals surface area contributed by atoms with Crippen molar-refractivity contribution in [1.82, 2.24) is 19.0 Å². The van der Waals surface area contributed by atoms with Crippen LogP contribution < -0.4 is 5.56 Å². The molecule has 6 nitrogen and oxygen atoms in total. The van der Waals surface area contributed by atoms with Crippen LogP contribution in [0.25, 0.3) is 10.3 Å². The van der Waals surface area contributed by atoms with Gasteiger partial charge in [0.25, 0.3) is 5.56 Å². The maximum Gasteiger partial charge on any atom is 0.273 e. The summed E-state index contributed by atoms with van der Waals surface area (Å²) in [5.41, 5.74) is 1.18. The molecule has 0 aromatic carbocycles. The van der Waals surface area contributed by atoms with Crippen LogP contribution in [0.4, 0.5) is 0 Å². The summed E-state index contributed by atoms with van der Waals surface area (Å²) in [6, 6.07) is 0. The predicted molar refractivity (Wildman–Crippen MR) is 100.0 cm³/mol. The second kappa shape index (κ2) is 7.67. The van der Waals surface area contributed by atoms with E-state index in [-0.39, 0.29) is 18.0 Å². The van der Waals surface area contributed by atoms with Crippen molar-refractivity contribution in [1.29, 1.82) is 0 Å². The molecule has 2 aromatic heterocycles. The van der Waals surface area contributed by atoms with Gasteiger partial charge in [0.15, 0.2) is 9.60 Å². The molecule has 8 heteroatoms. The maximum atomic E-state index is 12.6. The zero-order valence-corrected chi connectivity index (χ0v) is 15.5. The van der Waals surface area contributed by atoms with Crippen molar-refractivity contribution >= 4 is 39.8 Å². The number of hydrogen-bond donors (Lipinski definition) is 0. The minimum Gasteiger partial charge on any atom is -0.337 e. The molecular weight excluding hydrogens is 344 g/mol. The van der Waals surface area contributed by atoms with Crippen LogP contribution in [0.15, 0.2) is 35.9 Å². The smallest absolute Gasteiger partial charge is 0.273 e. The molecule has 0 fully saturated rings. The van der Waals surface area contributed by atoms with Gasteiger partial charge in [-0.1, -0.05) is 29.6 Å². The summed E-state index contributed by atoms with van der Waals surface area (Å²) in [7, 11) is 0. The molecule has 0 atom stereocenters. The Morgan fingerprint density at radius 2 is 2.25 bits per heavy atom. The minimum atomic E-state index is -0.251. The number of amides is 1. The van der Waals surface area contributed by atoms with Gasteiger partial charge in [0.2, 0.25) is 5.91 Å². The third-order valence-corrected chi connectivity index (χ3v) is 4.88. The Balaban J connectivity index is 2.37. The number of aromatic nitrogens is 3. The Kier molecular flexibility index (Phi) is 5.84. The fraction of sp³-hybridized carbons (Fsp3) is 0.375. The molecule has 0 aliphatic rings. The molecule has 0 spiro atoms. The first-order valence-electron chi connectivity index (χ1n) is 7.50. The van der Waals surface area contributed by atoms with Gasteiger partial charge < -0.3 is 9.47 Å². The number of likely N-dealkylation sites (N-methyl/N-ethyl adjacent to an activating group) is 1. The standard InChI is InChI=1S/C16H20N4O2S2/c1-5-7-20-14-13(24-16(20)23)15(22)19(10-17-14)9-12(21)18(6-2)8-11(3)4/h5,10H,1,3,6-9H2,2,4H3. The van der Waals surface area contributed by atoms with Gasteiger partial charge in [-0.3, -0.25) is 14.2 Å². The van der Waals surface area contributed by atoms with E-state index in [2.05, 4.69) is 18.1 Å². The van der Waals surface area contributed by atoms with Crippen LogP contribution in [0.3, 0.4) is 0 Å². The van der Waals surface area contributed by atoms with Gasteiger partial charge in [0.05, 0.1) is 0 Å². The SMILES string of the molecule is C=CCn1c(=S)sc2c(=O)n(CC(=O)N(CC)CC(=C)C)cnc21. The summed E-state index contributed by atoms with van der Waals surface area (Å²) in [6.07, 6.45) is 3.10. The van der Waals surface area contributed by atoms with Crippen LogP contribution in [-0.4, -0.2) is 38.0 Å². The number of fused-ring (bicyclic) bond motifs is 1. The largest absolute Gasteiger partial charge is 0.337 e. The van der Waals surface area contributed by atoms with Crippen LogP contribution in [0.2, 0.25) is 0 Å². The van der Waals surface area contributed by atoms with E-state index in [1.165, 1.54) is 22.2 Å². The van der Waals surface area contributed by atoms with Crippen LogP contribution in [0.1, 0.15) is 13.8 Å². The first-order valence-corrected chi connectivity index (χ1v) is 8.73. The molecule has 0 unspecified atom stereocenters. The van der Waals surface area contributed by atoms with Gasteiger partial charge >= 0.3 is 0 Å². The number of hydrogen-bond acceptors (Lipinski definition) is 5. The van der Waals surface area contributed by atoms with E-state index in [9.17, 15) is 9.59 Å². The number of thiazole rings is 1. The molecule has 0 N–H and O–H groups in total. The molecule has 0 bridgehead atoms. The Bertz CT molecular complexity index is 907. The summed E-state index contributed by atoms with van der Waals surface area (Å²) in [4.78, 5) is 31.0. The molecule has 0 saturated carbocycles. The van der Waals surface area contributed by atoms with E-state index in [4.69, 9.17) is 12.2 Å². The second-order valence-electron chi connectivity index (χ2n) is 5.46. The van der Waals surface area contributed by atoms with E-state index < -0.39 is 0 Å². The summed E-state index contributed by atoms with van der Waals surface area (Å²) in [5.74, 6) is -0.141. The number of nitrogens with zero attached hydrogens (tertiary/aromatic N) is 4. The normalized spacial score (nSPS) is 10.8. The van der Waals surface area contributed by atoms with Crippen LogP contribution in [-0.2, 0) is 17.9 Å². The van der Waals surface area contributed by atoms with E-state index >= 15 is 0 Å². The van der Waals surface area contributed by atoms with Crippen LogP contribution >= 0.6 is 23.6 Å². The average Bonchev–Trinajstić information content (AvgIpc) is 2.85. The van der Waals surface area contributed by atoms with Crippen molar-refractivity contribution in [2.24, 2.45) is 0 Å². The highest BCUT2D eigenvalue weighted by atomic mass is 32.1. The Morgan fingerprint density at radius 1 is 1.54 bits per heavy atom. The van der Waals surface area contributed by atoms with Crippen LogP contribution in [0.5, 0.6) is 0 Å². The zero-order valence-electron chi connectivity index (χ0n) is 13.8. The molecule has 0 radical (unpaired) electrons. The van der Waals surface area contributed by atoms with Crippen molar-refractivity contribution in [3.8, 4) is 0 Å². The predicted octanol–water partition coefficient (Wildman–Crippen LogP) is 2.60. The molecule has 1 amide bonds. The summed E-state index contributed by atoms with van der Waals surface area (Å²) >= 11 is 6.48. The Labute approximate surface area is 149 Å². The van der Waals surface area contributed by atoms with E-state index in [0.717, 1.165) is 5.57 Å². The molecule has 0 aliphatic carbocycles. The van der Waals surface area contributed by atoms with Gasteiger partial charge in [-0.15, -0.1) is 6.58 Å². The van der Waals surface area contributed by atoms with Gasteiger partial charge in [-0.2, -0.15) is 0 Å². The monoisotopic (exact) mass is 364 g/mol.